The molecule has 11 heavy (non-hydrogen) atoms. The topological polar surface area (TPSA) is 17.1 Å². The predicted molar refractivity (Wildman–Crippen MR) is 47.9 cm³/mol. The Bertz CT molecular complexity index is 280. The second-order valence-electron chi connectivity index (χ2n) is 1.81. The first-order valence-electron chi connectivity index (χ1n) is 2.63. The summed E-state index contributed by atoms with van der Waals surface area (Å²) in [4.78, 5) is 0. The van der Waals surface area contributed by atoms with E-state index in [4.69, 9.17) is 0 Å². The van der Waals surface area contributed by atoms with Crippen molar-refractivity contribution in [3.05, 3.63) is 26.9 Å². The SMILES string of the molecule is O=[As]c1cc(F)c(Br)c(Br)c1. The van der Waals surface area contributed by atoms with Gasteiger partial charge in [-0.1, -0.05) is 0 Å². The average molecular weight is 344 g/mol. The van der Waals surface area contributed by atoms with Gasteiger partial charge >= 0.3 is 86.9 Å². The molecule has 0 atom stereocenters. The maximum atomic E-state index is 12.8. The van der Waals surface area contributed by atoms with Crippen molar-refractivity contribution in [3.8, 4) is 0 Å². The molecule has 0 aliphatic rings. The van der Waals surface area contributed by atoms with Crippen molar-refractivity contribution in [2.24, 2.45) is 0 Å². The molecule has 0 saturated heterocycles. The zero-order chi connectivity index (χ0) is 8.43. The third-order valence-corrected chi connectivity index (χ3v) is 4.02. The van der Waals surface area contributed by atoms with E-state index in [0.717, 1.165) is 0 Å². The van der Waals surface area contributed by atoms with Gasteiger partial charge in [-0.3, -0.25) is 0 Å². The summed E-state index contributed by atoms with van der Waals surface area (Å²) in [5.41, 5.74) is 0. The zero-order valence-electron chi connectivity index (χ0n) is 5.14. The predicted octanol–water partition coefficient (Wildman–Crippen LogP) is 2.03. The third kappa shape index (κ3) is 2.20. The molecule has 1 nitrogen and oxygen atoms in total. The second kappa shape index (κ2) is 3.92. The van der Waals surface area contributed by atoms with Gasteiger partial charge in [0.2, 0.25) is 0 Å². The summed E-state index contributed by atoms with van der Waals surface area (Å²) in [5.74, 6) is -0.388. The Morgan fingerprint density at radius 3 is 2.45 bits per heavy atom. The van der Waals surface area contributed by atoms with Gasteiger partial charge in [0.05, 0.1) is 0 Å². The van der Waals surface area contributed by atoms with Crippen LogP contribution in [0.1, 0.15) is 0 Å². The fourth-order valence-electron chi connectivity index (χ4n) is 0.595. The number of hydrogen-bond donors (Lipinski definition) is 0. The van der Waals surface area contributed by atoms with Crippen LogP contribution in [0.4, 0.5) is 4.39 Å². The normalized spacial score (nSPS) is 10.5. The van der Waals surface area contributed by atoms with E-state index in [-0.39, 0.29) is 5.82 Å². The molecule has 0 bridgehead atoms. The molecular weight excluding hydrogens is 342 g/mol. The maximum absolute atomic E-state index is 12.8. The summed E-state index contributed by atoms with van der Waals surface area (Å²) in [7, 11) is 0. The first-order valence-corrected chi connectivity index (χ1v) is 5.92. The minimum atomic E-state index is -1.15. The van der Waals surface area contributed by atoms with Gasteiger partial charge in [0.1, 0.15) is 0 Å². The van der Waals surface area contributed by atoms with Gasteiger partial charge in [-0.05, 0) is 0 Å². The van der Waals surface area contributed by atoms with Crippen molar-refractivity contribution in [1.29, 1.82) is 0 Å². The van der Waals surface area contributed by atoms with Crippen LogP contribution in [0.25, 0.3) is 0 Å². The van der Waals surface area contributed by atoms with E-state index < -0.39 is 15.7 Å². The molecule has 0 fully saturated rings. The molecule has 0 aromatic heterocycles. The quantitative estimate of drug-likeness (QED) is 0.563. The Labute approximate surface area is 86.5 Å². The van der Waals surface area contributed by atoms with Crippen LogP contribution in [0.15, 0.2) is 21.1 Å². The van der Waals surface area contributed by atoms with Gasteiger partial charge in [0, 0.05) is 0 Å². The molecule has 0 amide bonds. The minimum absolute atomic E-state index is 0.371. The summed E-state index contributed by atoms with van der Waals surface area (Å²) in [5, 5.41) is 0. The molecule has 0 aliphatic heterocycles. The van der Waals surface area contributed by atoms with Crippen molar-refractivity contribution >= 4 is 51.9 Å². The fourth-order valence-corrected chi connectivity index (χ4v) is 2.37. The van der Waals surface area contributed by atoms with E-state index >= 15 is 0 Å². The van der Waals surface area contributed by atoms with Crippen molar-refractivity contribution in [2.45, 2.75) is 0 Å². The van der Waals surface area contributed by atoms with Crippen molar-refractivity contribution < 1.29 is 8.13 Å². The first kappa shape index (κ1) is 9.56. The Balaban J connectivity index is 3.31. The molecule has 1 aromatic rings. The van der Waals surface area contributed by atoms with E-state index in [2.05, 4.69) is 31.9 Å². The van der Waals surface area contributed by atoms with Crippen LogP contribution >= 0.6 is 31.9 Å². The van der Waals surface area contributed by atoms with E-state index in [9.17, 15) is 8.13 Å². The number of hydrogen-bond acceptors (Lipinski definition) is 1. The monoisotopic (exact) mass is 342 g/mol. The van der Waals surface area contributed by atoms with Crippen molar-refractivity contribution in [3.63, 3.8) is 0 Å². The van der Waals surface area contributed by atoms with Gasteiger partial charge in [-0.25, -0.2) is 0 Å². The average Bonchev–Trinajstić information content (AvgIpc) is 1.99. The zero-order valence-corrected chi connectivity index (χ0v) is 10.2. The number of halogens is 3. The molecule has 58 valence electrons. The van der Waals surface area contributed by atoms with Gasteiger partial charge in [-0.2, -0.15) is 0 Å². The standard InChI is InChI=1S/C6H2AsBr2FO/c8-4-1-3(7-11)2-5(10)6(4)9/h1-2H. The van der Waals surface area contributed by atoms with E-state index in [0.29, 0.717) is 13.3 Å². The fraction of sp³-hybridized carbons (Fsp3) is 0. The van der Waals surface area contributed by atoms with Gasteiger partial charge in [0.25, 0.3) is 0 Å². The summed E-state index contributed by atoms with van der Waals surface area (Å²) in [6, 6.07) is 2.90. The van der Waals surface area contributed by atoms with Gasteiger partial charge < -0.3 is 0 Å². The molecule has 0 unspecified atom stereocenters. The Kier molecular flexibility index (Phi) is 3.41. The molecule has 1 aromatic carbocycles. The van der Waals surface area contributed by atoms with Crippen LogP contribution < -0.4 is 4.35 Å². The first-order chi connectivity index (χ1) is 5.15. The van der Waals surface area contributed by atoms with Crippen LogP contribution in [0, 0.1) is 5.82 Å². The van der Waals surface area contributed by atoms with Gasteiger partial charge in [0.15, 0.2) is 0 Å². The summed E-state index contributed by atoms with van der Waals surface area (Å²) < 4.78 is 24.8. The summed E-state index contributed by atoms with van der Waals surface area (Å²) in [6.45, 7) is 0. The van der Waals surface area contributed by atoms with Crippen LogP contribution in [-0.2, 0) is 3.74 Å². The molecule has 5 heteroatoms. The Morgan fingerprint density at radius 1 is 1.36 bits per heavy atom. The molecule has 0 spiro atoms. The van der Waals surface area contributed by atoms with Crippen LogP contribution in [0.2, 0.25) is 0 Å². The molecule has 0 heterocycles. The Hall–Kier alpha value is 0.468. The number of benzene rings is 1. The third-order valence-electron chi connectivity index (χ3n) is 1.07. The molecule has 1 rings (SSSR count). The molecule has 0 saturated carbocycles. The Morgan fingerprint density at radius 2 is 2.00 bits per heavy atom. The summed E-state index contributed by atoms with van der Waals surface area (Å²) >= 11 is 5.01. The van der Waals surface area contributed by atoms with E-state index in [1.807, 2.05) is 0 Å². The molecule has 0 aliphatic carbocycles. The second-order valence-corrected chi connectivity index (χ2v) is 4.93. The van der Waals surface area contributed by atoms with Crippen molar-refractivity contribution in [2.75, 3.05) is 0 Å². The van der Waals surface area contributed by atoms with Crippen molar-refractivity contribution in [1.82, 2.24) is 0 Å². The van der Waals surface area contributed by atoms with Crippen LogP contribution in [-0.4, -0.2) is 15.7 Å². The number of rotatable bonds is 1. The molecular formula is C6H2AsBr2FO. The molecule has 0 N–H and O–H groups in total. The van der Waals surface area contributed by atoms with Crippen LogP contribution in [0.3, 0.4) is 0 Å². The van der Waals surface area contributed by atoms with Gasteiger partial charge in [-0.15, -0.1) is 0 Å². The van der Waals surface area contributed by atoms with Crippen LogP contribution in [0.5, 0.6) is 0 Å². The van der Waals surface area contributed by atoms with E-state index in [1.165, 1.54) is 6.07 Å². The molecule has 0 radical (unpaired) electrons. The van der Waals surface area contributed by atoms with E-state index in [1.54, 1.807) is 6.07 Å². The summed E-state index contributed by atoms with van der Waals surface area (Å²) in [6.07, 6.45) is 0.